The minimum Gasteiger partial charge on any atom is -0.396 e. The highest BCUT2D eigenvalue weighted by atomic mass is 16.3. The second kappa shape index (κ2) is 5.36. The summed E-state index contributed by atoms with van der Waals surface area (Å²) < 4.78 is 0. The Labute approximate surface area is 56.0 Å². The van der Waals surface area contributed by atoms with Gasteiger partial charge in [0.2, 0.25) is 0 Å². The van der Waals surface area contributed by atoms with E-state index in [0.29, 0.717) is 0 Å². The summed E-state index contributed by atoms with van der Waals surface area (Å²) in [5.74, 6) is 0.166. The third-order valence-electron chi connectivity index (χ3n) is 1.13. The second-order valence-electron chi connectivity index (χ2n) is 1.82. The number of allylic oxidation sites excluding steroid dienone is 1. The molecule has 0 aromatic carbocycles. The smallest absolute Gasteiger partial charge is 0.0496 e. The number of rotatable bonds is 4. The van der Waals surface area contributed by atoms with Crippen molar-refractivity contribution in [2.45, 2.75) is 6.42 Å². The number of hydrogen-bond acceptors (Lipinski definition) is 1. The van der Waals surface area contributed by atoms with Gasteiger partial charge in [-0.05, 0) is 12.5 Å². The van der Waals surface area contributed by atoms with Gasteiger partial charge in [-0.15, -0.1) is 12.3 Å². The van der Waals surface area contributed by atoms with Crippen LogP contribution in [0.1, 0.15) is 6.42 Å². The Hall–Kier alpha value is -0.780. The standard InChI is InChI=1S/C8H12O/c1-3-5-6-8(4-2)7-9/h4-5,8-9H,1-2,6-7H2/t8-/m1/s1. The van der Waals surface area contributed by atoms with Gasteiger partial charge >= 0.3 is 0 Å². The maximum absolute atomic E-state index is 8.61. The quantitative estimate of drug-likeness (QED) is 0.445. The molecule has 1 atom stereocenters. The van der Waals surface area contributed by atoms with Gasteiger partial charge in [-0.1, -0.05) is 12.7 Å². The highest BCUT2D eigenvalue weighted by molar-refractivity contribution is 4.86. The summed E-state index contributed by atoms with van der Waals surface area (Å²) in [4.78, 5) is 0. The monoisotopic (exact) mass is 124 g/mol. The first kappa shape index (κ1) is 8.22. The van der Waals surface area contributed by atoms with Crippen LogP contribution in [0, 0.1) is 5.92 Å². The van der Waals surface area contributed by atoms with Crippen LogP contribution in [0.25, 0.3) is 0 Å². The van der Waals surface area contributed by atoms with E-state index >= 15 is 0 Å². The Kier molecular flexibility index (Phi) is 4.89. The van der Waals surface area contributed by atoms with Crippen LogP contribution in [0.15, 0.2) is 31.0 Å². The molecule has 0 bridgehead atoms. The van der Waals surface area contributed by atoms with E-state index in [1.165, 1.54) is 0 Å². The maximum Gasteiger partial charge on any atom is 0.0496 e. The van der Waals surface area contributed by atoms with Crippen LogP contribution in [0.2, 0.25) is 0 Å². The van der Waals surface area contributed by atoms with E-state index < -0.39 is 0 Å². The van der Waals surface area contributed by atoms with Gasteiger partial charge in [0.05, 0.1) is 0 Å². The Balaban J connectivity index is 3.54. The van der Waals surface area contributed by atoms with Crippen LogP contribution in [0.4, 0.5) is 0 Å². The van der Waals surface area contributed by atoms with Crippen molar-refractivity contribution in [3.05, 3.63) is 31.0 Å². The molecule has 0 aromatic heterocycles. The lowest BCUT2D eigenvalue weighted by Gasteiger charge is -2.01. The number of hydrogen-bond donors (Lipinski definition) is 1. The van der Waals surface area contributed by atoms with E-state index in [4.69, 9.17) is 5.11 Å². The van der Waals surface area contributed by atoms with E-state index in [9.17, 15) is 0 Å². The molecule has 0 saturated heterocycles. The predicted octanol–water partition coefficient (Wildman–Crippen LogP) is 1.51. The van der Waals surface area contributed by atoms with Crippen molar-refractivity contribution < 1.29 is 5.11 Å². The molecule has 0 amide bonds. The first-order valence-electron chi connectivity index (χ1n) is 2.92. The predicted molar refractivity (Wildman–Crippen MR) is 39.1 cm³/mol. The van der Waals surface area contributed by atoms with Gasteiger partial charge in [-0.3, -0.25) is 0 Å². The molecule has 1 N–H and O–H groups in total. The van der Waals surface area contributed by atoms with Crippen molar-refractivity contribution >= 4 is 0 Å². The Morgan fingerprint density at radius 3 is 2.67 bits per heavy atom. The fourth-order valence-electron chi connectivity index (χ4n) is 0.480. The van der Waals surface area contributed by atoms with Crippen LogP contribution >= 0.6 is 0 Å². The first-order chi connectivity index (χ1) is 4.35. The van der Waals surface area contributed by atoms with Crippen LogP contribution in [-0.4, -0.2) is 11.7 Å². The van der Waals surface area contributed by atoms with E-state index in [0.717, 1.165) is 6.42 Å². The molecule has 0 aliphatic heterocycles. The summed E-state index contributed by atoms with van der Waals surface area (Å²) in [5.41, 5.74) is 2.63. The van der Waals surface area contributed by atoms with Crippen LogP contribution in [0.3, 0.4) is 0 Å². The van der Waals surface area contributed by atoms with Crippen molar-refractivity contribution in [3.8, 4) is 0 Å². The summed E-state index contributed by atoms with van der Waals surface area (Å²) in [6, 6.07) is 0. The molecule has 0 aliphatic carbocycles. The minimum atomic E-state index is 0.154. The SMILES string of the molecule is C=C=CC[C@@H](C=C)CO. The fraction of sp³-hybridized carbons (Fsp3) is 0.375. The normalized spacial score (nSPS) is 11.7. The van der Waals surface area contributed by atoms with Gasteiger partial charge in [-0.25, -0.2) is 0 Å². The summed E-state index contributed by atoms with van der Waals surface area (Å²) in [6.45, 7) is 7.12. The molecule has 0 fully saturated rings. The third kappa shape index (κ3) is 3.77. The number of aliphatic hydroxyl groups excluding tert-OH is 1. The zero-order chi connectivity index (χ0) is 7.11. The average Bonchev–Trinajstić information content (AvgIpc) is 1.91. The zero-order valence-electron chi connectivity index (χ0n) is 5.51. The van der Waals surface area contributed by atoms with Gasteiger partial charge in [0.15, 0.2) is 0 Å². The van der Waals surface area contributed by atoms with E-state index in [1.54, 1.807) is 12.2 Å². The minimum absolute atomic E-state index is 0.154. The Morgan fingerprint density at radius 2 is 2.33 bits per heavy atom. The van der Waals surface area contributed by atoms with E-state index in [-0.39, 0.29) is 12.5 Å². The molecular weight excluding hydrogens is 112 g/mol. The van der Waals surface area contributed by atoms with Crippen molar-refractivity contribution in [3.63, 3.8) is 0 Å². The van der Waals surface area contributed by atoms with Gasteiger partial charge in [0.25, 0.3) is 0 Å². The third-order valence-corrected chi connectivity index (χ3v) is 1.13. The molecule has 1 heteroatoms. The van der Waals surface area contributed by atoms with Crippen molar-refractivity contribution in [2.75, 3.05) is 6.61 Å². The molecule has 0 aromatic rings. The molecule has 0 spiro atoms. The molecule has 0 heterocycles. The lowest BCUT2D eigenvalue weighted by atomic mass is 10.1. The zero-order valence-corrected chi connectivity index (χ0v) is 5.51. The highest BCUT2D eigenvalue weighted by Crippen LogP contribution is 2.02. The molecule has 9 heavy (non-hydrogen) atoms. The van der Waals surface area contributed by atoms with Gasteiger partial charge in [0, 0.05) is 12.5 Å². The Morgan fingerprint density at radius 1 is 1.67 bits per heavy atom. The molecule has 50 valence electrons. The first-order valence-corrected chi connectivity index (χ1v) is 2.92. The molecule has 0 saturated carbocycles. The van der Waals surface area contributed by atoms with Crippen LogP contribution in [0.5, 0.6) is 0 Å². The maximum atomic E-state index is 8.61. The van der Waals surface area contributed by atoms with Crippen LogP contribution in [-0.2, 0) is 0 Å². The van der Waals surface area contributed by atoms with Gasteiger partial charge < -0.3 is 5.11 Å². The lowest BCUT2D eigenvalue weighted by molar-refractivity contribution is 0.254. The second-order valence-corrected chi connectivity index (χ2v) is 1.82. The van der Waals surface area contributed by atoms with Crippen molar-refractivity contribution in [1.29, 1.82) is 0 Å². The largest absolute Gasteiger partial charge is 0.396 e. The summed E-state index contributed by atoms with van der Waals surface area (Å²) in [7, 11) is 0. The topological polar surface area (TPSA) is 20.2 Å². The van der Waals surface area contributed by atoms with Crippen molar-refractivity contribution in [2.24, 2.45) is 5.92 Å². The molecule has 0 aliphatic rings. The molecule has 0 unspecified atom stereocenters. The number of aliphatic hydroxyl groups is 1. The van der Waals surface area contributed by atoms with Gasteiger partial charge in [0.1, 0.15) is 0 Å². The lowest BCUT2D eigenvalue weighted by Crippen LogP contribution is -1.99. The molecule has 1 nitrogen and oxygen atoms in total. The summed E-state index contributed by atoms with van der Waals surface area (Å²) >= 11 is 0. The molecule has 0 rings (SSSR count). The molecule has 0 radical (unpaired) electrons. The van der Waals surface area contributed by atoms with E-state index in [2.05, 4.69) is 18.9 Å². The van der Waals surface area contributed by atoms with Crippen molar-refractivity contribution in [1.82, 2.24) is 0 Å². The van der Waals surface area contributed by atoms with Gasteiger partial charge in [-0.2, -0.15) is 0 Å². The summed E-state index contributed by atoms with van der Waals surface area (Å²) in [6.07, 6.45) is 4.31. The summed E-state index contributed by atoms with van der Waals surface area (Å²) in [5, 5.41) is 8.61. The average molecular weight is 124 g/mol. The fourth-order valence-corrected chi connectivity index (χ4v) is 0.480. The van der Waals surface area contributed by atoms with Crippen LogP contribution < -0.4 is 0 Å². The highest BCUT2D eigenvalue weighted by Gasteiger charge is 1.96. The molecular formula is C8H12O. The van der Waals surface area contributed by atoms with E-state index in [1.807, 2.05) is 0 Å². The Bertz CT molecular complexity index is 121.